The molecule has 1 heterocycles. The van der Waals surface area contributed by atoms with Crippen LogP contribution in [0.3, 0.4) is 0 Å². The van der Waals surface area contributed by atoms with Gasteiger partial charge in [0, 0.05) is 17.4 Å². The van der Waals surface area contributed by atoms with Crippen molar-refractivity contribution in [3.05, 3.63) is 11.6 Å². The van der Waals surface area contributed by atoms with Crippen molar-refractivity contribution < 1.29 is 14.3 Å². The summed E-state index contributed by atoms with van der Waals surface area (Å²) in [6, 6.07) is 0. The van der Waals surface area contributed by atoms with Crippen LogP contribution in [-0.2, 0) is 14.3 Å². The van der Waals surface area contributed by atoms with E-state index in [1.54, 1.807) is 6.08 Å². The lowest BCUT2D eigenvalue weighted by Gasteiger charge is -2.63. The van der Waals surface area contributed by atoms with Gasteiger partial charge in [-0.25, -0.2) is 4.79 Å². The Hall–Kier alpha value is -1.12. The molecule has 3 heteroatoms. The summed E-state index contributed by atoms with van der Waals surface area (Å²) in [5, 5.41) is 0. The smallest absolute Gasteiger partial charge is 0.334 e. The van der Waals surface area contributed by atoms with E-state index < -0.39 is 0 Å². The van der Waals surface area contributed by atoms with Crippen LogP contribution in [0.5, 0.6) is 0 Å². The maximum atomic E-state index is 13.1. The van der Waals surface area contributed by atoms with Crippen molar-refractivity contribution in [2.45, 2.75) is 59.8 Å². The van der Waals surface area contributed by atoms with E-state index in [1.807, 2.05) is 0 Å². The lowest BCUT2D eigenvalue weighted by Crippen LogP contribution is -2.60. The first-order chi connectivity index (χ1) is 10.7. The van der Waals surface area contributed by atoms with Gasteiger partial charge >= 0.3 is 5.97 Å². The van der Waals surface area contributed by atoms with Crippen molar-refractivity contribution in [3.63, 3.8) is 0 Å². The number of fused-ring (bicyclic) bond motifs is 5. The van der Waals surface area contributed by atoms with Crippen molar-refractivity contribution in [2.24, 2.45) is 34.0 Å². The molecule has 3 nitrogen and oxygen atoms in total. The molecule has 0 unspecified atom stereocenters. The van der Waals surface area contributed by atoms with E-state index in [2.05, 4.69) is 27.7 Å². The molecule has 5 atom stereocenters. The van der Waals surface area contributed by atoms with Gasteiger partial charge in [0.1, 0.15) is 0 Å². The van der Waals surface area contributed by atoms with E-state index in [9.17, 15) is 9.59 Å². The fourth-order valence-electron chi connectivity index (χ4n) is 7.03. The van der Waals surface area contributed by atoms with Gasteiger partial charge in [0.2, 0.25) is 0 Å². The third-order valence-electron chi connectivity index (χ3n) is 7.94. The summed E-state index contributed by atoms with van der Waals surface area (Å²) in [6.45, 7) is 9.84. The molecule has 0 bridgehead atoms. The Balaban J connectivity index is 1.83. The molecule has 0 radical (unpaired) electrons. The van der Waals surface area contributed by atoms with Crippen LogP contribution in [0.4, 0.5) is 0 Å². The van der Waals surface area contributed by atoms with Crippen molar-refractivity contribution in [2.75, 3.05) is 6.61 Å². The summed E-state index contributed by atoms with van der Waals surface area (Å²) in [6.07, 6.45) is 7.44. The Morgan fingerprint density at radius 1 is 1.04 bits per heavy atom. The summed E-state index contributed by atoms with van der Waals surface area (Å²) in [7, 11) is 0. The van der Waals surface area contributed by atoms with E-state index >= 15 is 0 Å². The second kappa shape index (κ2) is 4.49. The van der Waals surface area contributed by atoms with Crippen LogP contribution in [0, 0.1) is 34.0 Å². The van der Waals surface area contributed by atoms with Crippen LogP contribution in [-0.4, -0.2) is 18.4 Å². The SMILES string of the molecule is CC1(C)CCC[C@]2(C)[C@H]3C(=O)C=C4C(=O)OC[C@H]4[C@]3(C)CC[C@@H]12. The molecule has 126 valence electrons. The third-order valence-corrected chi connectivity index (χ3v) is 7.94. The van der Waals surface area contributed by atoms with Gasteiger partial charge in [0.15, 0.2) is 5.78 Å². The minimum atomic E-state index is -0.265. The highest BCUT2D eigenvalue weighted by Gasteiger charge is 2.65. The zero-order valence-corrected chi connectivity index (χ0v) is 14.8. The second-order valence-electron chi connectivity index (χ2n) is 9.53. The number of rotatable bonds is 0. The number of ketones is 1. The Morgan fingerprint density at radius 3 is 2.52 bits per heavy atom. The molecule has 2 saturated carbocycles. The molecule has 0 N–H and O–H groups in total. The molecule has 4 rings (SSSR count). The minimum Gasteiger partial charge on any atom is -0.462 e. The summed E-state index contributed by atoms with van der Waals surface area (Å²) >= 11 is 0. The molecule has 0 aromatic heterocycles. The molecule has 3 aliphatic carbocycles. The molecule has 1 saturated heterocycles. The number of ether oxygens (including phenoxy) is 1. The highest BCUT2D eigenvalue weighted by atomic mass is 16.5. The van der Waals surface area contributed by atoms with Crippen LogP contribution in [0.2, 0.25) is 0 Å². The zero-order chi connectivity index (χ0) is 16.6. The van der Waals surface area contributed by atoms with Crippen molar-refractivity contribution >= 4 is 11.8 Å². The average Bonchev–Trinajstić information content (AvgIpc) is 2.79. The Labute approximate surface area is 138 Å². The van der Waals surface area contributed by atoms with Gasteiger partial charge < -0.3 is 4.74 Å². The standard InChI is InChI=1S/C20H28O3/c1-18(2)7-5-8-20(4)15(18)6-9-19(3)13-11-23-17(22)12(13)10-14(21)16(19)20/h10,13,15-16H,5-9,11H2,1-4H3/t13-,15+,16+,19+,20+/m1/s1. The molecular formula is C20H28O3. The highest BCUT2D eigenvalue weighted by Crippen LogP contribution is 2.68. The maximum Gasteiger partial charge on any atom is 0.334 e. The van der Waals surface area contributed by atoms with E-state index in [4.69, 9.17) is 4.74 Å². The van der Waals surface area contributed by atoms with Gasteiger partial charge in [-0.2, -0.15) is 0 Å². The molecule has 0 aromatic carbocycles. The topological polar surface area (TPSA) is 43.4 Å². The summed E-state index contributed by atoms with van der Waals surface area (Å²) < 4.78 is 5.31. The first kappa shape index (κ1) is 15.4. The molecule has 0 spiro atoms. The fraction of sp³-hybridized carbons (Fsp3) is 0.800. The van der Waals surface area contributed by atoms with Crippen molar-refractivity contribution in [1.82, 2.24) is 0 Å². The van der Waals surface area contributed by atoms with Gasteiger partial charge in [-0.3, -0.25) is 4.79 Å². The Morgan fingerprint density at radius 2 is 1.78 bits per heavy atom. The molecule has 4 aliphatic rings. The van der Waals surface area contributed by atoms with Crippen molar-refractivity contribution in [3.8, 4) is 0 Å². The summed E-state index contributed by atoms with van der Waals surface area (Å²) in [4.78, 5) is 25.1. The van der Waals surface area contributed by atoms with Gasteiger partial charge in [-0.15, -0.1) is 0 Å². The van der Waals surface area contributed by atoms with Gasteiger partial charge in [-0.1, -0.05) is 34.1 Å². The van der Waals surface area contributed by atoms with E-state index in [0.717, 1.165) is 12.8 Å². The summed E-state index contributed by atoms with van der Waals surface area (Å²) in [5.41, 5.74) is 0.886. The van der Waals surface area contributed by atoms with E-state index in [0.29, 0.717) is 23.5 Å². The number of hydrogen-bond acceptors (Lipinski definition) is 3. The molecule has 23 heavy (non-hydrogen) atoms. The Bertz CT molecular complexity index is 616. The van der Waals surface area contributed by atoms with Crippen LogP contribution >= 0.6 is 0 Å². The van der Waals surface area contributed by atoms with Crippen molar-refractivity contribution in [1.29, 1.82) is 0 Å². The van der Waals surface area contributed by atoms with E-state index in [1.165, 1.54) is 19.3 Å². The largest absolute Gasteiger partial charge is 0.462 e. The number of esters is 1. The zero-order valence-electron chi connectivity index (χ0n) is 14.8. The number of cyclic esters (lactones) is 1. The Kier molecular flexibility index (Phi) is 3.01. The average molecular weight is 316 g/mol. The highest BCUT2D eigenvalue weighted by molar-refractivity contribution is 6.04. The number of carbonyl (C=O) groups excluding carboxylic acids is 2. The summed E-state index contributed by atoms with van der Waals surface area (Å²) in [5.74, 6) is 0.664. The monoisotopic (exact) mass is 316 g/mol. The van der Waals surface area contributed by atoms with Gasteiger partial charge in [0.25, 0.3) is 0 Å². The second-order valence-corrected chi connectivity index (χ2v) is 9.53. The normalized spacial score (nSPS) is 48.0. The van der Waals surface area contributed by atoms with Crippen LogP contribution in [0.25, 0.3) is 0 Å². The van der Waals surface area contributed by atoms with Gasteiger partial charge in [-0.05, 0) is 53.9 Å². The van der Waals surface area contributed by atoms with Crippen LogP contribution < -0.4 is 0 Å². The molecule has 0 amide bonds. The maximum absolute atomic E-state index is 13.1. The predicted octanol–water partition coefficient (Wildman–Crippen LogP) is 3.92. The minimum absolute atomic E-state index is 0.0385. The predicted molar refractivity (Wildman–Crippen MR) is 87.6 cm³/mol. The van der Waals surface area contributed by atoms with E-state index in [-0.39, 0.29) is 34.4 Å². The molecule has 0 aromatic rings. The fourth-order valence-corrected chi connectivity index (χ4v) is 7.03. The lowest BCUT2D eigenvalue weighted by atomic mass is 9.40. The number of allylic oxidation sites excluding steroid dienone is 1. The number of carbonyl (C=O) groups is 2. The quantitative estimate of drug-likeness (QED) is 0.636. The first-order valence-corrected chi connectivity index (χ1v) is 9.13. The molecule has 3 fully saturated rings. The number of hydrogen-bond donors (Lipinski definition) is 0. The first-order valence-electron chi connectivity index (χ1n) is 9.13. The van der Waals surface area contributed by atoms with Crippen LogP contribution in [0.15, 0.2) is 11.6 Å². The molecular weight excluding hydrogens is 288 g/mol. The van der Waals surface area contributed by atoms with Crippen LogP contribution in [0.1, 0.15) is 59.8 Å². The third kappa shape index (κ3) is 1.82. The lowest BCUT2D eigenvalue weighted by molar-refractivity contribution is -0.163. The molecule has 1 aliphatic heterocycles. The van der Waals surface area contributed by atoms with Gasteiger partial charge in [0.05, 0.1) is 6.61 Å².